The van der Waals surface area contributed by atoms with Crippen LogP contribution in [-0.2, 0) is 11.2 Å². The van der Waals surface area contributed by atoms with E-state index in [0.29, 0.717) is 13.0 Å². The molecule has 116 valence electrons. The van der Waals surface area contributed by atoms with Crippen LogP contribution in [0.5, 0.6) is 5.75 Å². The summed E-state index contributed by atoms with van der Waals surface area (Å²) in [5.74, 6) is 1.02. The number of thiazole rings is 1. The number of nitrogens with zero attached hydrogens (tertiary/aromatic N) is 2. The molecule has 1 atom stereocenters. The zero-order chi connectivity index (χ0) is 15.4. The third-order valence-electron chi connectivity index (χ3n) is 3.85. The normalized spacial score (nSPS) is 17.7. The zero-order valence-corrected chi connectivity index (χ0v) is 13.5. The lowest BCUT2D eigenvalue weighted by molar-refractivity contribution is -0.131. The second-order valence-corrected chi connectivity index (χ2v) is 6.87. The van der Waals surface area contributed by atoms with Crippen molar-refractivity contribution in [2.24, 2.45) is 0 Å². The van der Waals surface area contributed by atoms with Crippen LogP contribution in [0.2, 0.25) is 0 Å². The van der Waals surface area contributed by atoms with Gasteiger partial charge in [0.05, 0.1) is 12.5 Å². The fourth-order valence-corrected chi connectivity index (χ4v) is 3.54. The highest BCUT2D eigenvalue weighted by Gasteiger charge is 2.29. The standard InChI is InChI=1S/C17H20N2O2S/c1-13-11-18-16(22-13)10-17(20)19-9-5-6-14(19)12-21-15-7-3-2-4-8-15/h2-4,7-8,11,14H,5-6,9-10,12H2,1H3/t14-/m0/s1. The molecule has 0 unspecified atom stereocenters. The quantitative estimate of drug-likeness (QED) is 0.851. The van der Waals surface area contributed by atoms with Gasteiger partial charge in [0.1, 0.15) is 17.4 Å². The highest BCUT2D eigenvalue weighted by molar-refractivity contribution is 7.11. The smallest absolute Gasteiger partial charge is 0.229 e. The number of hydrogen-bond donors (Lipinski definition) is 0. The molecular formula is C17H20N2O2S. The Morgan fingerprint density at radius 2 is 2.23 bits per heavy atom. The van der Waals surface area contributed by atoms with Crippen LogP contribution in [0.15, 0.2) is 36.5 Å². The molecule has 4 nitrogen and oxygen atoms in total. The Morgan fingerprint density at radius 1 is 1.41 bits per heavy atom. The number of amides is 1. The van der Waals surface area contributed by atoms with Crippen molar-refractivity contribution in [3.8, 4) is 5.75 Å². The van der Waals surface area contributed by atoms with Crippen molar-refractivity contribution in [2.45, 2.75) is 32.2 Å². The van der Waals surface area contributed by atoms with Crippen molar-refractivity contribution in [3.63, 3.8) is 0 Å². The zero-order valence-electron chi connectivity index (χ0n) is 12.7. The van der Waals surface area contributed by atoms with E-state index in [9.17, 15) is 4.79 Å². The summed E-state index contributed by atoms with van der Waals surface area (Å²) in [5, 5.41) is 0.900. The number of aryl methyl sites for hydroxylation is 1. The lowest BCUT2D eigenvalue weighted by atomic mass is 10.2. The molecule has 0 saturated carbocycles. The molecule has 1 aromatic carbocycles. The molecule has 0 radical (unpaired) electrons. The number of carbonyl (C=O) groups is 1. The van der Waals surface area contributed by atoms with Crippen LogP contribution in [-0.4, -0.2) is 35.0 Å². The van der Waals surface area contributed by atoms with Crippen molar-refractivity contribution in [2.75, 3.05) is 13.2 Å². The third kappa shape index (κ3) is 3.65. The molecule has 0 N–H and O–H groups in total. The number of ether oxygens (including phenoxy) is 1. The Kier molecular flexibility index (Phi) is 4.73. The number of hydrogen-bond acceptors (Lipinski definition) is 4. The van der Waals surface area contributed by atoms with Crippen LogP contribution in [0.3, 0.4) is 0 Å². The maximum atomic E-state index is 12.5. The molecule has 1 aromatic heterocycles. The SMILES string of the molecule is Cc1cnc(CC(=O)N2CCC[C@H]2COc2ccccc2)s1. The molecule has 3 rings (SSSR count). The van der Waals surface area contributed by atoms with Crippen LogP contribution >= 0.6 is 11.3 Å². The van der Waals surface area contributed by atoms with Gasteiger partial charge in [-0.3, -0.25) is 4.79 Å². The molecule has 1 aliphatic rings. The highest BCUT2D eigenvalue weighted by atomic mass is 32.1. The summed E-state index contributed by atoms with van der Waals surface area (Å²) in [7, 11) is 0. The number of para-hydroxylation sites is 1. The van der Waals surface area contributed by atoms with Crippen LogP contribution in [0, 0.1) is 6.92 Å². The fourth-order valence-electron chi connectivity index (χ4n) is 2.76. The number of benzene rings is 1. The van der Waals surface area contributed by atoms with Gasteiger partial charge in [0.15, 0.2) is 0 Å². The average Bonchev–Trinajstić information content (AvgIpc) is 3.15. The van der Waals surface area contributed by atoms with Crippen LogP contribution in [0.4, 0.5) is 0 Å². The van der Waals surface area contributed by atoms with Gasteiger partial charge < -0.3 is 9.64 Å². The Labute approximate surface area is 134 Å². The molecule has 2 aromatic rings. The summed E-state index contributed by atoms with van der Waals surface area (Å²) in [6, 6.07) is 9.94. The summed E-state index contributed by atoms with van der Waals surface area (Å²) < 4.78 is 5.82. The number of carbonyl (C=O) groups excluding carboxylic acids is 1. The highest BCUT2D eigenvalue weighted by Crippen LogP contribution is 2.21. The summed E-state index contributed by atoms with van der Waals surface area (Å²) in [6.45, 7) is 3.40. The first kappa shape index (κ1) is 15.0. The second kappa shape index (κ2) is 6.92. The molecule has 1 fully saturated rings. The Balaban J connectivity index is 1.56. The fraction of sp³-hybridized carbons (Fsp3) is 0.412. The average molecular weight is 316 g/mol. The number of rotatable bonds is 5. The van der Waals surface area contributed by atoms with Crippen molar-refractivity contribution < 1.29 is 9.53 Å². The van der Waals surface area contributed by atoms with E-state index < -0.39 is 0 Å². The molecule has 0 spiro atoms. The van der Waals surface area contributed by atoms with Gasteiger partial charge in [-0.2, -0.15) is 0 Å². The Morgan fingerprint density at radius 3 is 2.95 bits per heavy atom. The maximum absolute atomic E-state index is 12.5. The van der Waals surface area contributed by atoms with E-state index in [2.05, 4.69) is 4.98 Å². The van der Waals surface area contributed by atoms with Gasteiger partial charge in [-0.05, 0) is 31.9 Å². The van der Waals surface area contributed by atoms with Crippen molar-refractivity contribution in [1.82, 2.24) is 9.88 Å². The lowest BCUT2D eigenvalue weighted by Gasteiger charge is -2.24. The van der Waals surface area contributed by atoms with Gasteiger partial charge in [0.2, 0.25) is 5.91 Å². The van der Waals surface area contributed by atoms with E-state index in [-0.39, 0.29) is 11.9 Å². The monoisotopic (exact) mass is 316 g/mol. The first-order chi connectivity index (χ1) is 10.7. The Bertz CT molecular complexity index is 627. The number of aromatic nitrogens is 1. The predicted octanol–water partition coefficient (Wildman–Crippen LogP) is 3.06. The molecule has 1 aliphatic heterocycles. The minimum atomic E-state index is 0.161. The van der Waals surface area contributed by atoms with Crippen molar-refractivity contribution in [1.29, 1.82) is 0 Å². The molecule has 5 heteroatoms. The van der Waals surface area contributed by atoms with Crippen LogP contribution in [0.25, 0.3) is 0 Å². The minimum Gasteiger partial charge on any atom is -0.491 e. The summed E-state index contributed by atoms with van der Waals surface area (Å²) in [5.41, 5.74) is 0. The second-order valence-electron chi connectivity index (χ2n) is 5.55. The largest absolute Gasteiger partial charge is 0.491 e. The van der Waals surface area contributed by atoms with Gasteiger partial charge in [-0.15, -0.1) is 11.3 Å². The molecule has 1 amide bonds. The van der Waals surface area contributed by atoms with E-state index in [1.165, 1.54) is 0 Å². The van der Waals surface area contributed by atoms with Crippen molar-refractivity contribution in [3.05, 3.63) is 46.4 Å². The van der Waals surface area contributed by atoms with E-state index in [1.807, 2.05) is 48.4 Å². The van der Waals surface area contributed by atoms with Crippen molar-refractivity contribution >= 4 is 17.2 Å². The molecule has 0 aliphatic carbocycles. The maximum Gasteiger partial charge on any atom is 0.229 e. The molecule has 1 saturated heterocycles. The molecule has 0 bridgehead atoms. The summed E-state index contributed by atoms with van der Waals surface area (Å²) >= 11 is 1.60. The van der Waals surface area contributed by atoms with Crippen LogP contribution < -0.4 is 4.74 Å². The van der Waals surface area contributed by atoms with Gasteiger partial charge in [-0.1, -0.05) is 18.2 Å². The van der Waals surface area contributed by atoms with E-state index in [4.69, 9.17) is 4.74 Å². The van der Waals surface area contributed by atoms with Gasteiger partial charge in [-0.25, -0.2) is 4.98 Å². The summed E-state index contributed by atoms with van der Waals surface area (Å²) in [4.78, 5) is 19.9. The van der Waals surface area contributed by atoms with Crippen LogP contribution in [0.1, 0.15) is 22.7 Å². The number of likely N-dealkylation sites (tertiary alicyclic amines) is 1. The van der Waals surface area contributed by atoms with Gasteiger partial charge in [0, 0.05) is 17.6 Å². The van der Waals surface area contributed by atoms with E-state index >= 15 is 0 Å². The Hall–Kier alpha value is -1.88. The molecule has 22 heavy (non-hydrogen) atoms. The third-order valence-corrected chi connectivity index (χ3v) is 4.77. The van der Waals surface area contributed by atoms with Gasteiger partial charge >= 0.3 is 0 Å². The predicted molar refractivity (Wildman–Crippen MR) is 87.2 cm³/mol. The molecule has 2 heterocycles. The minimum absolute atomic E-state index is 0.161. The summed E-state index contributed by atoms with van der Waals surface area (Å²) in [6.07, 6.45) is 4.29. The first-order valence-corrected chi connectivity index (χ1v) is 8.42. The molecular weight excluding hydrogens is 296 g/mol. The van der Waals surface area contributed by atoms with E-state index in [0.717, 1.165) is 35.0 Å². The lowest BCUT2D eigenvalue weighted by Crippen LogP contribution is -2.39. The first-order valence-electron chi connectivity index (χ1n) is 7.61. The topological polar surface area (TPSA) is 42.4 Å². The van der Waals surface area contributed by atoms with E-state index in [1.54, 1.807) is 11.3 Å². The van der Waals surface area contributed by atoms with Gasteiger partial charge in [0.25, 0.3) is 0 Å².